The first-order valence-electron chi connectivity index (χ1n) is 10.2. The molecule has 0 spiro atoms. The standard InChI is InChI=1S/C23H27N3O4S/c1-6-17-25-22-19(23(29)26(17)11-7-8-18(27)30-5)15(4)20(31-22)21(28)24-16-10-9-13(2)12-14(16)3/h9-10,12H,6-8,11H2,1-5H3,(H,24,28). The van der Waals surface area contributed by atoms with Crippen molar-refractivity contribution >= 4 is 39.1 Å². The molecule has 31 heavy (non-hydrogen) atoms. The number of methoxy groups -OCH3 is 1. The number of nitrogens with one attached hydrogen (secondary N) is 1. The third-order valence-electron chi connectivity index (χ3n) is 5.27. The Hall–Kier alpha value is -3.00. The van der Waals surface area contributed by atoms with Crippen molar-refractivity contribution in [1.29, 1.82) is 0 Å². The second kappa shape index (κ2) is 9.43. The number of anilines is 1. The monoisotopic (exact) mass is 441 g/mol. The number of ether oxygens (including phenoxy) is 1. The van der Waals surface area contributed by atoms with Gasteiger partial charge >= 0.3 is 5.97 Å². The maximum absolute atomic E-state index is 13.2. The number of fused-ring (bicyclic) bond motifs is 1. The van der Waals surface area contributed by atoms with Crippen molar-refractivity contribution in [3.8, 4) is 0 Å². The molecule has 2 aromatic heterocycles. The van der Waals surface area contributed by atoms with Gasteiger partial charge in [-0.1, -0.05) is 24.6 Å². The number of aromatic nitrogens is 2. The predicted octanol–water partition coefficient (Wildman–Crippen LogP) is 4.15. The molecule has 0 aliphatic heterocycles. The van der Waals surface area contributed by atoms with E-state index in [2.05, 4.69) is 15.0 Å². The first-order chi connectivity index (χ1) is 14.8. The van der Waals surface area contributed by atoms with Gasteiger partial charge in [-0.05, 0) is 44.4 Å². The Morgan fingerprint density at radius 3 is 2.61 bits per heavy atom. The quantitative estimate of drug-likeness (QED) is 0.556. The van der Waals surface area contributed by atoms with Crippen LogP contribution in [0, 0.1) is 20.8 Å². The van der Waals surface area contributed by atoms with Gasteiger partial charge in [0.1, 0.15) is 10.7 Å². The minimum atomic E-state index is -0.308. The lowest BCUT2D eigenvalue weighted by Gasteiger charge is -2.11. The van der Waals surface area contributed by atoms with Gasteiger partial charge in [0.15, 0.2) is 0 Å². The van der Waals surface area contributed by atoms with Crippen molar-refractivity contribution in [3.63, 3.8) is 0 Å². The zero-order valence-electron chi connectivity index (χ0n) is 18.5. The van der Waals surface area contributed by atoms with Crippen LogP contribution in [0.1, 0.15) is 52.0 Å². The highest BCUT2D eigenvalue weighted by Gasteiger charge is 2.21. The minimum Gasteiger partial charge on any atom is -0.469 e. The highest BCUT2D eigenvalue weighted by molar-refractivity contribution is 7.20. The number of nitrogens with zero attached hydrogens (tertiary/aromatic N) is 2. The van der Waals surface area contributed by atoms with Crippen molar-refractivity contribution in [1.82, 2.24) is 9.55 Å². The molecule has 0 aliphatic rings. The van der Waals surface area contributed by atoms with Crippen LogP contribution in [0.25, 0.3) is 10.2 Å². The molecule has 8 heteroatoms. The first kappa shape index (κ1) is 22.7. The van der Waals surface area contributed by atoms with Crippen molar-refractivity contribution in [2.45, 2.75) is 53.5 Å². The topological polar surface area (TPSA) is 90.3 Å². The third-order valence-corrected chi connectivity index (χ3v) is 6.46. The summed E-state index contributed by atoms with van der Waals surface area (Å²) in [6.45, 7) is 8.03. The Kier molecular flexibility index (Phi) is 6.90. The van der Waals surface area contributed by atoms with E-state index in [0.717, 1.165) is 16.8 Å². The van der Waals surface area contributed by atoms with Gasteiger partial charge in [-0.3, -0.25) is 19.0 Å². The largest absolute Gasteiger partial charge is 0.469 e. The van der Waals surface area contributed by atoms with Crippen LogP contribution in [0.4, 0.5) is 5.69 Å². The molecule has 0 atom stereocenters. The number of hydrogen-bond acceptors (Lipinski definition) is 6. The summed E-state index contributed by atoms with van der Waals surface area (Å²) in [4.78, 5) is 43.3. The number of carbonyl (C=O) groups excluding carboxylic acids is 2. The van der Waals surface area contributed by atoms with Gasteiger partial charge in [-0.2, -0.15) is 0 Å². The number of thiophene rings is 1. The molecule has 0 fully saturated rings. The van der Waals surface area contributed by atoms with Gasteiger partial charge in [-0.25, -0.2) is 4.98 Å². The number of benzene rings is 1. The van der Waals surface area contributed by atoms with Gasteiger partial charge < -0.3 is 10.1 Å². The summed E-state index contributed by atoms with van der Waals surface area (Å²) in [5.74, 6) is 0.0873. The fourth-order valence-corrected chi connectivity index (χ4v) is 4.68. The van der Waals surface area contributed by atoms with Crippen LogP contribution in [0.3, 0.4) is 0 Å². The maximum Gasteiger partial charge on any atom is 0.305 e. The van der Waals surface area contributed by atoms with Crippen LogP contribution in [-0.4, -0.2) is 28.5 Å². The predicted molar refractivity (Wildman–Crippen MR) is 123 cm³/mol. The van der Waals surface area contributed by atoms with Crippen molar-refractivity contribution in [3.05, 3.63) is 55.9 Å². The summed E-state index contributed by atoms with van der Waals surface area (Å²) < 4.78 is 6.28. The van der Waals surface area contributed by atoms with E-state index in [0.29, 0.717) is 45.9 Å². The van der Waals surface area contributed by atoms with E-state index in [9.17, 15) is 14.4 Å². The number of aryl methyl sites for hydroxylation is 4. The molecule has 3 rings (SSSR count). The fourth-order valence-electron chi connectivity index (χ4n) is 3.59. The van der Waals surface area contributed by atoms with Crippen LogP contribution in [0.5, 0.6) is 0 Å². The molecule has 0 bridgehead atoms. The second-order valence-electron chi connectivity index (χ2n) is 7.53. The van der Waals surface area contributed by atoms with E-state index in [1.165, 1.54) is 18.4 Å². The summed E-state index contributed by atoms with van der Waals surface area (Å²) in [7, 11) is 1.35. The molecule has 1 aromatic carbocycles. The molecule has 0 saturated heterocycles. The first-order valence-corrected chi connectivity index (χ1v) is 11.1. The molecule has 3 aromatic rings. The Morgan fingerprint density at radius 2 is 1.97 bits per heavy atom. The highest BCUT2D eigenvalue weighted by Crippen LogP contribution is 2.29. The second-order valence-corrected chi connectivity index (χ2v) is 8.53. The Bertz CT molecular complexity index is 1210. The number of carbonyl (C=O) groups is 2. The number of hydrogen-bond donors (Lipinski definition) is 1. The Morgan fingerprint density at radius 1 is 1.23 bits per heavy atom. The summed E-state index contributed by atoms with van der Waals surface area (Å²) in [5.41, 5.74) is 3.30. The third kappa shape index (κ3) is 4.69. The van der Waals surface area contributed by atoms with Crippen LogP contribution in [0.2, 0.25) is 0 Å². The fraction of sp³-hybridized carbons (Fsp3) is 0.391. The summed E-state index contributed by atoms with van der Waals surface area (Å²) in [5, 5.41) is 3.42. The van der Waals surface area contributed by atoms with Crippen molar-refractivity contribution in [2.75, 3.05) is 12.4 Å². The molecular formula is C23H27N3O4S. The zero-order valence-corrected chi connectivity index (χ0v) is 19.3. The van der Waals surface area contributed by atoms with Crippen LogP contribution in [-0.2, 0) is 22.5 Å². The van der Waals surface area contributed by atoms with Gasteiger partial charge in [0.25, 0.3) is 11.5 Å². The molecule has 0 aliphatic carbocycles. The molecule has 7 nitrogen and oxygen atoms in total. The lowest BCUT2D eigenvalue weighted by Crippen LogP contribution is -2.25. The van der Waals surface area contributed by atoms with Gasteiger partial charge in [0, 0.05) is 25.1 Å². The molecule has 0 radical (unpaired) electrons. The summed E-state index contributed by atoms with van der Waals surface area (Å²) in [6.07, 6.45) is 1.29. The molecule has 0 saturated carbocycles. The van der Waals surface area contributed by atoms with E-state index in [4.69, 9.17) is 0 Å². The van der Waals surface area contributed by atoms with Gasteiger partial charge in [-0.15, -0.1) is 11.3 Å². The number of amides is 1. The van der Waals surface area contributed by atoms with E-state index in [-0.39, 0.29) is 23.9 Å². The van der Waals surface area contributed by atoms with Crippen LogP contribution < -0.4 is 10.9 Å². The van der Waals surface area contributed by atoms with E-state index >= 15 is 0 Å². The molecule has 1 N–H and O–H groups in total. The zero-order chi connectivity index (χ0) is 22.7. The van der Waals surface area contributed by atoms with Gasteiger partial charge in [0.05, 0.1) is 17.4 Å². The van der Waals surface area contributed by atoms with Crippen LogP contribution in [0.15, 0.2) is 23.0 Å². The SMILES string of the molecule is CCc1nc2sc(C(=O)Nc3ccc(C)cc3C)c(C)c2c(=O)n1CCCC(=O)OC. The molecular weight excluding hydrogens is 414 g/mol. The normalized spacial score (nSPS) is 11.0. The highest BCUT2D eigenvalue weighted by atomic mass is 32.1. The molecule has 164 valence electrons. The maximum atomic E-state index is 13.2. The van der Waals surface area contributed by atoms with E-state index < -0.39 is 0 Å². The smallest absolute Gasteiger partial charge is 0.305 e. The molecule has 0 unspecified atom stereocenters. The van der Waals surface area contributed by atoms with Crippen molar-refractivity contribution < 1.29 is 14.3 Å². The summed E-state index contributed by atoms with van der Waals surface area (Å²) in [6, 6.07) is 5.84. The molecule has 2 heterocycles. The van der Waals surface area contributed by atoms with E-state index in [1.807, 2.05) is 39.0 Å². The number of rotatable bonds is 7. The Labute approximate surface area is 185 Å². The van der Waals surface area contributed by atoms with Gasteiger partial charge in [0.2, 0.25) is 0 Å². The lowest BCUT2D eigenvalue weighted by atomic mass is 10.1. The average Bonchev–Trinajstić information content (AvgIpc) is 3.07. The van der Waals surface area contributed by atoms with E-state index in [1.54, 1.807) is 11.5 Å². The minimum absolute atomic E-state index is 0.175. The van der Waals surface area contributed by atoms with Crippen molar-refractivity contribution in [2.24, 2.45) is 0 Å². The van der Waals surface area contributed by atoms with Crippen LogP contribution >= 0.6 is 11.3 Å². The number of esters is 1. The average molecular weight is 442 g/mol. The Balaban J connectivity index is 1.97. The molecule has 1 amide bonds. The lowest BCUT2D eigenvalue weighted by molar-refractivity contribution is -0.140. The summed E-state index contributed by atoms with van der Waals surface area (Å²) >= 11 is 1.23.